The van der Waals surface area contributed by atoms with Crippen molar-refractivity contribution in [2.24, 2.45) is 0 Å². The van der Waals surface area contributed by atoms with Gasteiger partial charge in [-0.05, 0) is 6.07 Å². The lowest BCUT2D eigenvalue weighted by molar-refractivity contribution is 0.403. The van der Waals surface area contributed by atoms with E-state index in [2.05, 4.69) is 10.1 Å². The first-order chi connectivity index (χ1) is 4.88. The molecule has 4 heteroatoms. The largest absolute Gasteiger partial charge is 0.397 e. The molecule has 2 aliphatic heterocycles. The normalized spacial score (nSPS) is 10.4. The molecule has 0 bridgehead atoms. The van der Waals surface area contributed by atoms with Gasteiger partial charge in [0.25, 0.3) is 5.89 Å². The van der Waals surface area contributed by atoms with Crippen molar-refractivity contribution in [3.63, 3.8) is 0 Å². The summed E-state index contributed by atoms with van der Waals surface area (Å²) in [5.41, 5.74) is 6.97. The Morgan fingerprint density at radius 3 is 3.20 bits per heavy atom. The standard InChI is InChI=1S/C6H5N3O/c7-5-3-8-6-4(5)1-2-9-10-6/h1-3H,7H2. The molecule has 4 nitrogen and oxygen atoms in total. The Morgan fingerprint density at radius 1 is 1.50 bits per heavy atom. The summed E-state index contributed by atoms with van der Waals surface area (Å²) in [6, 6.07) is 1.77. The highest BCUT2D eigenvalue weighted by molar-refractivity contribution is 5.71. The van der Waals surface area contributed by atoms with Crippen LogP contribution in [-0.4, -0.2) is 10.1 Å². The van der Waals surface area contributed by atoms with Crippen molar-refractivity contribution in [1.29, 1.82) is 0 Å². The third kappa shape index (κ3) is 0.556. The zero-order valence-electron chi connectivity index (χ0n) is 5.11. The van der Waals surface area contributed by atoms with Crippen molar-refractivity contribution in [3.8, 4) is 11.5 Å². The average molecular weight is 135 g/mol. The fraction of sp³-hybridized carbons (Fsp3) is 0. The van der Waals surface area contributed by atoms with E-state index in [0.717, 1.165) is 5.56 Å². The van der Waals surface area contributed by atoms with Crippen molar-refractivity contribution in [1.82, 2.24) is 10.1 Å². The SMILES string of the molecule is Nc1cnc2onccc1-2. The Balaban J connectivity index is 2.78. The van der Waals surface area contributed by atoms with Crippen molar-refractivity contribution >= 4 is 5.69 Å². The zero-order valence-corrected chi connectivity index (χ0v) is 5.11. The van der Waals surface area contributed by atoms with E-state index in [1.165, 1.54) is 0 Å². The predicted octanol–water partition coefficient (Wildman–Crippen LogP) is 0.757. The molecule has 0 aromatic carbocycles. The van der Waals surface area contributed by atoms with Crippen LogP contribution in [0.1, 0.15) is 0 Å². The number of anilines is 1. The maximum atomic E-state index is 5.53. The molecule has 0 atom stereocenters. The van der Waals surface area contributed by atoms with Gasteiger partial charge in [0.2, 0.25) is 0 Å². The van der Waals surface area contributed by atoms with Gasteiger partial charge >= 0.3 is 0 Å². The van der Waals surface area contributed by atoms with E-state index in [1.54, 1.807) is 18.5 Å². The summed E-state index contributed by atoms with van der Waals surface area (Å²) in [6.07, 6.45) is 3.09. The minimum Gasteiger partial charge on any atom is -0.397 e. The van der Waals surface area contributed by atoms with Gasteiger partial charge in [-0.3, -0.25) is 0 Å². The van der Waals surface area contributed by atoms with E-state index in [0.29, 0.717) is 11.6 Å². The third-order valence-corrected chi connectivity index (χ3v) is 1.30. The van der Waals surface area contributed by atoms with Crippen molar-refractivity contribution < 1.29 is 4.52 Å². The summed E-state index contributed by atoms with van der Waals surface area (Å²) < 4.78 is 4.79. The van der Waals surface area contributed by atoms with E-state index >= 15 is 0 Å². The minimum absolute atomic E-state index is 0.486. The lowest BCUT2D eigenvalue weighted by Crippen LogP contribution is -1.83. The van der Waals surface area contributed by atoms with Crippen LogP contribution in [0.3, 0.4) is 0 Å². The molecule has 0 saturated carbocycles. The van der Waals surface area contributed by atoms with Gasteiger partial charge in [-0.2, -0.15) is 0 Å². The van der Waals surface area contributed by atoms with Gasteiger partial charge < -0.3 is 10.3 Å². The Bertz CT molecular complexity index is 317. The fourth-order valence-electron chi connectivity index (χ4n) is 0.816. The maximum absolute atomic E-state index is 5.53. The summed E-state index contributed by atoms with van der Waals surface area (Å²) in [6.45, 7) is 0. The molecule has 2 aliphatic rings. The van der Waals surface area contributed by atoms with E-state index < -0.39 is 0 Å². The van der Waals surface area contributed by atoms with Crippen LogP contribution in [0.15, 0.2) is 23.0 Å². The first-order valence-corrected chi connectivity index (χ1v) is 2.83. The summed E-state index contributed by atoms with van der Waals surface area (Å²) >= 11 is 0. The van der Waals surface area contributed by atoms with Crippen LogP contribution in [0, 0.1) is 0 Å². The molecule has 0 aromatic heterocycles. The molecule has 2 rings (SSSR count). The van der Waals surface area contributed by atoms with E-state index in [-0.39, 0.29) is 0 Å². The van der Waals surface area contributed by atoms with Crippen molar-refractivity contribution in [2.75, 3.05) is 5.73 Å². The number of nitrogens with two attached hydrogens (primary N) is 1. The van der Waals surface area contributed by atoms with E-state index in [1.807, 2.05) is 0 Å². The Hall–Kier alpha value is -1.58. The number of hydrogen-bond donors (Lipinski definition) is 1. The molecular formula is C6H5N3O. The summed E-state index contributed by atoms with van der Waals surface area (Å²) in [4.78, 5) is 3.86. The van der Waals surface area contributed by atoms with Crippen molar-refractivity contribution in [3.05, 3.63) is 18.5 Å². The topological polar surface area (TPSA) is 64.9 Å². The molecular weight excluding hydrogens is 130 g/mol. The van der Waals surface area contributed by atoms with Gasteiger partial charge in [-0.15, -0.1) is 0 Å². The van der Waals surface area contributed by atoms with E-state index in [9.17, 15) is 0 Å². The Morgan fingerprint density at radius 2 is 2.40 bits per heavy atom. The summed E-state index contributed by atoms with van der Waals surface area (Å²) in [5.74, 6) is 0.486. The van der Waals surface area contributed by atoms with Gasteiger partial charge in [0.05, 0.1) is 23.6 Å². The van der Waals surface area contributed by atoms with E-state index in [4.69, 9.17) is 10.3 Å². The van der Waals surface area contributed by atoms with Gasteiger partial charge in [-0.1, -0.05) is 5.16 Å². The molecule has 0 aromatic rings. The van der Waals surface area contributed by atoms with Crippen LogP contribution in [0.4, 0.5) is 5.69 Å². The number of aromatic nitrogens is 2. The molecule has 50 valence electrons. The molecule has 0 spiro atoms. The molecule has 0 radical (unpaired) electrons. The van der Waals surface area contributed by atoms with Gasteiger partial charge in [0.15, 0.2) is 0 Å². The smallest absolute Gasteiger partial charge is 0.258 e. The molecule has 0 aliphatic carbocycles. The number of nitrogens with zero attached hydrogens (tertiary/aromatic N) is 2. The minimum atomic E-state index is 0.486. The lowest BCUT2D eigenvalue weighted by Gasteiger charge is -1.91. The summed E-state index contributed by atoms with van der Waals surface area (Å²) in [7, 11) is 0. The quantitative estimate of drug-likeness (QED) is 0.579. The van der Waals surface area contributed by atoms with Crippen LogP contribution in [0.2, 0.25) is 0 Å². The average Bonchev–Trinajstić information content (AvgIpc) is 2.34. The molecule has 2 N–H and O–H groups in total. The molecule has 2 heterocycles. The van der Waals surface area contributed by atoms with Gasteiger partial charge in [-0.25, -0.2) is 4.98 Å². The lowest BCUT2D eigenvalue weighted by atomic mass is 10.3. The van der Waals surface area contributed by atoms with Crippen LogP contribution in [-0.2, 0) is 0 Å². The number of hydrogen-bond acceptors (Lipinski definition) is 4. The third-order valence-electron chi connectivity index (χ3n) is 1.30. The molecule has 10 heavy (non-hydrogen) atoms. The highest BCUT2D eigenvalue weighted by Gasteiger charge is 2.09. The second kappa shape index (κ2) is 1.70. The van der Waals surface area contributed by atoms with Crippen LogP contribution >= 0.6 is 0 Å². The van der Waals surface area contributed by atoms with Crippen LogP contribution in [0.5, 0.6) is 0 Å². The number of nitrogen functional groups attached to an aromatic ring is 1. The Kier molecular flexibility index (Phi) is 0.887. The highest BCUT2D eigenvalue weighted by Crippen LogP contribution is 2.24. The van der Waals surface area contributed by atoms with Crippen LogP contribution < -0.4 is 5.73 Å². The molecule has 0 fully saturated rings. The van der Waals surface area contributed by atoms with Crippen LogP contribution in [0.25, 0.3) is 11.5 Å². The zero-order chi connectivity index (χ0) is 6.97. The monoisotopic (exact) mass is 135 g/mol. The number of fused-ring (bicyclic) bond motifs is 1. The van der Waals surface area contributed by atoms with Crippen molar-refractivity contribution in [2.45, 2.75) is 0 Å². The summed E-state index contributed by atoms with van der Waals surface area (Å²) in [5, 5.41) is 3.53. The molecule has 0 saturated heterocycles. The van der Waals surface area contributed by atoms with Gasteiger partial charge in [0.1, 0.15) is 0 Å². The fourth-order valence-corrected chi connectivity index (χ4v) is 0.816. The second-order valence-corrected chi connectivity index (χ2v) is 1.94. The molecule has 0 unspecified atom stereocenters. The first kappa shape index (κ1) is 5.22. The predicted molar refractivity (Wildman–Crippen MR) is 35.3 cm³/mol. The van der Waals surface area contributed by atoms with Gasteiger partial charge in [0, 0.05) is 0 Å². The number of rotatable bonds is 0. The molecule has 0 amide bonds. The second-order valence-electron chi connectivity index (χ2n) is 1.94. The highest BCUT2D eigenvalue weighted by atomic mass is 16.5. The Labute approximate surface area is 57.0 Å². The first-order valence-electron chi connectivity index (χ1n) is 2.83. The maximum Gasteiger partial charge on any atom is 0.258 e.